The highest BCUT2D eigenvalue weighted by atomic mass is 16.3. The largest absolute Gasteiger partial charge is 0.456 e. The van der Waals surface area contributed by atoms with Crippen molar-refractivity contribution < 1.29 is 4.42 Å². The van der Waals surface area contributed by atoms with Crippen LogP contribution in [0.3, 0.4) is 0 Å². The molecule has 3 heteroatoms. The summed E-state index contributed by atoms with van der Waals surface area (Å²) in [5.41, 5.74) is 16.1. The minimum atomic E-state index is -0.409. The SMILES string of the molecule is c1ccc(-c2nc(-c3ccc(-c4ccc5c(c4)-c4ccccc4C5(c4ccccc4)c4ccccc4)cc3)cc(-c3ccc4oc5ccccc5c4c3)n2)cc1. The topological polar surface area (TPSA) is 38.9 Å². The highest BCUT2D eigenvalue weighted by molar-refractivity contribution is 6.06. The summed E-state index contributed by atoms with van der Waals surface area (Å²) in [5, 5.41) is 2.17. The van der Waals surface area contributed by atoms with Gasteiger partial charge in [-0.1, -0.05) is 170 Å². The highest BCUT2D eigenvalue weighted by Gasteiger charge is 2.45. The van der Waals surface area contributed by atoms with Crippen LogP contribution in [0.2, 0.25) is 0 Å². The first-order chi connectivity index (χ1) is 27.7. The van der Waals surface area contributed by atoms with Crippen LogP contribution in [0, 0.1) is 0 Å². The molecule has 1 aliphatic rings. The van der Waals surface area contributed by atoms with Gasteiger partial charge in [-0.05, 0) is 80.9 Å². The Bertz CT molecular complexity index is 3020. The number of rotatable bonds is 6. The summed E-state index contributed by atoms with van der Waals surface area (Å²) in [6.07, 6.45) is 0. The molecule has 262 valence electrons. The fourth-order valence-electron chi connectivity index (χ4n) is 8.81. The molecule has 0 unspecified atom stereocenters. The molecule has 8 aromatic carbocycles. The summed E-state index contributed by atoms with van der Waals surface area (Å²) in [6.45, 7) is 0. The molecule has 56 heavy (non-hydrogen) atoms. The molecule has 0 amide bonds. The van der Waals surface area contributed by atoms with Crippen LogP contribution >= 0.6 is 0 Å². The molecule has 0 aliphatic heterocycles. The Kier molecular flexibility index (Phi) is 7.39. The Balaban J connectivity index is 1.01. The van der Waals surface area contributed by atoms with Crippen molar-refractivity contribution in [1.29, 1.82) is 0 Å². The molecular formula is C53H34N2O. The third-order valence-electron chi connectivity index (χ3n) is 11.4. The summed E-state index contributed by atoms with van der Waals surface area (Å²) < 4.78 is 6.14. The van der Waals surface area contributed by atoms with Gasteiger partial charge in [-0.15, -0.1) is 0 Å². The van der Waals surface area contributed by atoms with Crippen molar-refractivity contribution in [2.75, 3.05) is 0 Å². The number of para-hydroxylation sites is 1. The fraction of sp³-hybridized carbons (Fsp3) is 0.0189. The summed E-state index contributed by atoms with van der Waals surface area (Å²) in [4.78, 5) is 10.2. The number of furan rings is 1. The first-order valence-electron chi connectivity index (χ1n) is 19.1. The van der Waals surface area contributed by atoms with E-state index >= 15 is 0 Å². The minimum absolute atomic E-state index is 0.409. The summed E-state index contributed by atoms with van der Waals surface area (Å²) >= 11 is 0. The first-order valence-corrected chi connectivity index (χ1v) is 19.1. The van der Waals surface area contributed by atoms with Gasteiger partial charge in [-0.25, -0.2) is 9.97 Å². The second-order valence-electron chi connectivity index (χ2n) is 14.5. The lowest BCUT2D eigenvalue weighted by molar-refractivity contribution is 0.669. The van der Waals surface area contributed by atoms with Crippen LogP contribution in [-0.2, 0) is 5.41 Å². The van der Waals surface area contributed by atoms with Gasteiger partial charge in [0, 0.05) is 27.5 Å². The number of hydrogen-bond donors (Lipinski definition) is 0. The number of nitrogens with zero attached hydrogens (tertiary/aromatic N) is 2. The summed E-state index contributed by atoms with van der Waals surface area (Å²) in [7, 11) is 0. The zero-order chi connectivity index (χ0) is 37.1. The standard InChI is InChI=1S/C53H34N2O/c1-4-14-37(15-5-1)52-54-48(34-49(55-52)39-29-31-51-45(33-39)43-21-11-13-23-50(43)56-51)36-26-24-35(25-27-36)38-28-30-47-44(32-38)42-20-10-12-22-46(42)53(47,40-16-6-2-7-17-40)41-18-8-3-9-19-41/h1-34H. The fourth-order valence-corrected chi connectivity index (χ4v) is 8.81. The maximum absolute atomic E-state index is 6.14. The molecule has 0 saturated carbocycles. The lowest BCUT2D eigenvalue weighted by Crippen LogP contribution is -2.28. The molecule has 3 nitrogen and oxygen atoms in total. The maximum atomic E-state index is 6.14. The van der Waals surface area contributed by atoms with Gasteiger partial charge in [-0.2, -0.15) is 0 Å². The average molecular weight is 715 g/mol. The van der Waals surface area contributed by atoms with Crippen LogP contribution < -0.4 is 0 Å². The first kappa shape index (κ1) is 32.1. The second-order valence-corrected chi connectivity index (χ2v) is 14.5. The second kappa shape index (κ2) is 12.9. The number of fused-ring (bicyclic) bond motifs is 6. The predicted octanol–water partition coefficient (Wildman–Crippen LogP) is 13.4. The Labute approximate surface area is 325 Å². The molecule has 0 radical (unpaired) electrons. The van der Waals surface area contributed by atoms with Gasteiger partial charge >= 0.3 is 0 Å². The van der Waals surface area contributed by atoms with Crippen molar-refractivity contribution in [3.63, 3.8) is 0 Å². The van der Waals surface area contributed by atoms with Gasteiger partial charge in [0.25, 0.3) is 0 Å². The molecule has 0 spiro atoms. The van der Waals surface area contributed by atoms with Gasteiger partial charge in [0.05, 0.1) is 16.8 Å². The molecule has 0 bridgehead atoms. The van der Waals surface area contributed by atoms with Crippen molar-refractivity contribution in [3.8, 4) is 56.2 Å². The van der Waals surface area contributed by atoms with Crippen LogP contribution in [-0.4, -0.2) is 9.97 Å². The molecule has 0 saturated heterocycles. The normalized spacial score (nSPS) is 12.8. The van der Waals surface area contributed by atoms with Crippen LogP contribution in [0.25, 0.3) is 78.1 Å². The Morgan fingerprint density at radius 2 is 0.893 bits per heavy atom. The van der Waals surface area contributed by atoms with E-state index in [4.69, 9.17) is 14.4 Å². The third-order valence-corrected chi connectivity index (χ3v) is 11.4. The van der Waals surface area contributed by atoms with E-state index < -0.39 is 5.41 Å². The highest BCUT2D eigenvalue weighted by Crippen LogP contribution is 2.56. The third kappa shape index (κ3) is 5.05. The van der Waals surface area contributed by atoms with Crippen LogP contribution in [0.5, 0.6) is 0 Å². The van der Waals surface area contributed by atoms with Crippen molar-refractivity contribution in [2.24, 2.45) is 0 Å². The molecular weight excluding hydrogens is 681 g/mol. The number of aromatic nitrogens is 2. The zero-order valence-electron chi connectivity index (χ0n) is 30.4. The van der Waals surface area contributed by atoms with Crippen LogP contribution in [0.4, 0.5) is 0 Å². The van der Waals surface area contributed by atoms with Gasteiger partial charge < -0.3 is 4.42 Å². The lowest BCUT2D eigenvalue weighted by atomic mass is 9.67. The summed E-state index contributed by atoms with van der Waals surface area (Å²) in [6, 6.07) is 73.4. The molecule has 0 fully saturated rings. The van der Waals surface area contributed by atoms with E-state index in [2.05, 4.69) is 164 Å². The van der Waals surface area contributed by atoms with Crippen molar-refractivity contribution in [2.45, 2.75) is 5.41 Å². The minimum Gasteiger partial charge on any atom is -0.456 e. The van der Waals surface area contributed by atoms with E-state index in [9.17, 15) is 0 Å². The molecule has 1 aliphatic carbocycles. The molecule has 11 rings (SSSR count). The zero-order valence-corrected chi connectivity index (χ0v) is 30.4. The van der Waals surface area contributed by atoms with Gasteiger partial charge in [0.15, 0.2) is 5.82 Å². The predicted molar refractivity (Wildman–Crippen MR) is 228 cm³/mol. The van der Waals surface area contributed by atoms with E-state index in [-0.39, 0.29) is 0 Å². The van der Waals surface area contributed by atoms with E-state index in [1.165, 1.54) is 38.9 Å². The van der Waals surface area contributed by atoms with Crippen LogP contribution in [0.1, 0.15) is 22.3 Å². The molecule has 10 aromatic rings. The van der Waals surface area contributed by atoms with Crippen molar-refractivity contribution in [3.05, 3.63) is 229 Å². The van der Waals surface area contributed by atoms with Gasteiger partial charge in [0.1, 0.15) is 11.2 Å². The molecule has 2 aromatic heterocycles. The number of benzene rings is 8. The quantitative estimate of drug-likeness (QED) is 0.172. The van der Waals surface area contributed by atoms with Crippen molar-refractivity contribution >= 4 is 21.9 Å². The monoisotopic (exact) mass is 714 g/mol. The van der Waals surface area contributed by atoms with Crippen molar-refractivity contribution in [1.82, 2.24) is 9.97 Å². The molecule has 0 atom stereocenters. The maximum Gasteiger partial charge on any atom is 0.160 e. The van der Waals surface area contributed by atoms with E-state index in [1.807, 2.05) is 42.5 Å². The van der Waals surface area contributed by atoms with E-state index in [1.54, 1.807) is 0 Å². The smallest absolute Gasteiger partial charge is 0.160 e. The van der Waals surface area contributed by atoms with E-state index in [0.717, 1.165) is 55.6 Å². The average Bonchev–Trinajstić information content (AvgIpc) is 3.80. The van der Waals surface area contributed by atoms with Gasteiger partial charge in [0.2, 0.25) is 0 Å². The van der Waals surface area contributed by atoms with E-state index in [0.29, 0.717) is 5.82 Å². The Morgan fingerprint density at radius 3 is 1.64 bits per heavy atom. The Hall–Kier alpha value is -7.36. The molecule has 2 heterocycles. The van der Waals surface area contributed by atoms with Gasteiger partial charge in [-0.3, -0.25) is 0 Å². The van der Waals surface area contributed by atoms with Crippen LogP contribution in [0.15, 0.2) is 211 Å². The summed E-state index contributed by atoms with van der Waals surface area (Å²) in [5.74, 6) is 0.692. The lowest BCUT2D eigenvalue weighted by Gasteiger charge is -2.33. The number of hydrogen-bond acceptors (Lipinski definition) is 3. The Morgan fingerprint density at radius 1 is 0.339 bits per heavy atom. The molecule has 0 N–H and O–H groups in total.